The Bertz CT molecular complexity index is 566. The van der Waals surface area contributed by atoms with E-state index in [0.29, 0.717) is 0 Å². The minimum atomic E-state index is 0.729. The average molecular weight is 286 g/mol. The van der Waals surface area contributed by atoms with Crippen molar-refractivity contribution in [3.63, 3.8) is 0 Å². The summed E-state index contributed by atoms with van der Waals surface area (Å²) < 4.78 is 6.02. The first-order chi connectivity index (χ1) is 10.2. The first-order valence-corrected chi connectivity index (χ1v) is 7.93. The Hall–Kier alpha value is -1.61. The molecule has 0 atom stereocenters. The van der Waals surface area contributed by atoms with Crippen molar-refractivity contribution >= 4 is 10.9 Å². The van der Waals surface area contributed by atoms with E-state index in [1.807, 2.05) is 18.2 Å². The van der Waals surface area contributed by atoms with Crippen molar-refractivity contribution in [1.82, 2.24) is 10.3 Å². The van der Waals surface area contributed by atoms with E-state index in [9.17, 15) is 0 Å². The van der Waals surface area contributed by atoms with Gasteiger partial charge in [-0.05, 0) is 37.4 Å². The maximum absolute atomic E-state index is 6.02. The molecule has 1 heterocycles. The Labute approximate surface area is 127 Å². The lowest BCUT2D eigenvalue weighted by Gasteiger charge is -2.12. The zero-order chi connectivity index (χ0) is 15.1. The second-order valence-electron chi connectivity index (χ2n) is 5.79. The number of hydrogen-bond donors (Lipinski definition) is 1. The van der Waals surface area contributed by atoms with E-state index in [1.54, 1.807) is 0 Å². The van der Waals surface area contributed by atoms with Crippen LogP contribution in [0.5, 0.6) is 5.75 Å². The standard InChI is InChI=1S/C18H26N2O/c1-4-19-13-15-12-18(21-11-7-8-14(2)3)16-9-5-6-10-17(16)20-15/h5-6,9-10,12,14,19H,4,7-8,11,13H2,1-3H3. The molecule has 0 saturated carbocycles. The van der Waals surface area contributed by atoms with Crippen LogP contribution in [0.1, 0.15) is 39.3 Å². The van der Waals surface area contributed by atoms with E-state index in [4.69, 9.17) is 4.74 Å². The quantitative estimate of drug-likeness (QED) is 0.740. The smallest absolute Gasteiger partial charge is 0.130 e. The summed E-state index contributed by atoms with van der Waals surface area (Å²) in [5.74, 6) is 1.68. The predicted octanol–water partition coefficient (Wildman–Crippen LogP) is 4.16. The van der Waals surface area contributed by atoms with Crippen molar-refractivity contribution in [3.8, 4) is 5.75 Å². The van der Waals surface area contributed by atoms with Crippen LogP contribution in [0.4, 0.5) is 0 Å². The van der Waals surface area contributed by atoms with Crippen LogP contribution in [0, 0.1) is 5.92 Å². The second-order valence-corrected chi connectivity index (χ2v) is 5.79. The molecule has 0 amide bonds. The van der Waals surface area contributed by atoms with Crippen LogP contribution in [0.25, 0.3) is 10.9 Å². The number of para-hydroxylation sites is 1. The number of nitrogens with one attached hydrogen (secondary N) is 1. The van der Waals surface area contributed by atoms with Gasteiger partial charge in [0.1, 0.15) is 5.75 Å². The minimum absolute atomic E-state index is 0.729. The Morgan fingerprint density at radius 1 is 1.24 bits per heavy atom. The lowest BCUT2D eigenvalue weighted by molar-refractivity contribution is 0.300. The van der Waals surface area contributed by atoms with Crippen molar-refractivity contribution in [2.75, 3.05) is 13.2 Å². The Kier molecular flexibility index (Phi) is 6.00. The number of aromatic nitrogens is 1. The fraction of sp³-hybridized carbons (Fsp3) is 0.500. The number of ether oxygens (including phenoxy) is 1. The first kappa shape index (κ1) is 15.8. The van der Waals surface area contributed by atoms with Gasteiger partial charge in [0.2, 0.25) is 0 Å². The fourth-order valence-electron chi connectivity index (χ4n) is 2.33. The average Bonchev–Trinajstić information content (AvgIpc) is 2.49. The summed E-state index contributed by atoms with van der Waals surface area (Å²) in [6.45, 7) is 9.09. The van der Waals surface area contributed by atoms with Crippen LogP contribution in [0.2, 0.25) is 0 Å². The predicted molar refractivity (Wildman–Crippen MR) is 88.7 cm³/mol. The molecule has 2 aromatic rings. The van der Waals surface area contributed by atoms with Crippen molar-refractivity contribution in [1.29, 1.82) is 0 Å². The summed E-state index contributed by atoms with van der Waals surface area (Å²) in [5.41, 5.74) is 2.04. The van der Waals surface area contributed by atoms with Crippen LogP contribution >= 0.6 is 0 Å². The highest BCUT2D eigenvalue weighted by atomic mass is 16.5. The number of hydrogen-bond acceptors (Lipinski definition) is 3. The second kappa shape index (κ2) is 7.99. The molecule has 1 N–H and O–H groups in total. The normalized spacial score (nSPS) is 11.2. The maximum atomic E-state index is 6.02. The fourth-order valence-corrected chi connectivity index (χ4v) is 2.33. The molecule has 114 valence electrons. The Morgan fingerprint density at radius 3 is 2.81 bits per heavy atom. The minimum Gasteiger partial charge on any atom is -0.493 e. The summed E-state index contributed by atoms with van der Waals surface area (Å²) in [6.07, 6.45) is 2.30. The summed E-state index contributed by atoms with van der Waals surface area (Å²) in [4.78, 5) is 4.69. The topological polar surface area (TPSA) is 34.1 Å². The molecule has 0 aliphatic heterocycles. The van der Waals surface area contributed by atoms with Gasteiger partial charge in [-0.2, -0.15) is 0 Å². The number of fused-ring (bicyclic) bond motifs is 1. The van der Waals surface area contributed by atoms with Gasteiger partial charge < -0.3 is 10.1 Å². The number of benzene rings is 1. The van der Waals surface area contributed by atoms with E-state index < -0.39 is 0 Å². The molecule has 0 radical (unpaired) electrons. The molecular weight excluding hydrogens is 260 g/mol. The molecule has 0 saturated heterocycles. The molecule has 1 aromatic carbocycles. The number of rotatable bonds is 8. The van der Waals surface area contributed by atoms with E-state index in [0.717, 1.165) is 54.4 Å². The Morgan fingerprint density at radius 2 is 2.05 bits per heavy atom. The van der Waals surface area contributed by atoms with Gasteiger partial charge in [0, 0.05) is 18.0 Å². The third-order valence-corrected chi connectivity index (χ3v) is 3.47. The van der Waals surface area contributed by atoms with E-state index >= 15 is 0 Å². The zero-order valence-electron chi connectivity index (χ0n) is 13.4. The van der Waals surface area contributed by atoms with E-state index in [2.05, 4.69) is 43.2 Å². The van der Waals surface area contributed by atoms with Crippen LogP contribution in [-0.2, 0) is 6.54 Å². The molecule has 0 spiro atoms. The van der Waals surface area contributed by atoms with Gasteiger partial charge in [-0.15, -0.1) is 0 Å². The van der Waals surface area contributed by atoms with Crippen LogP contribution < -0.4 is 10.1 Å². The molecule has 0 bridgehead atoms. The molecule has 0 unspecified atom stereocenters. The van der Waals surface area contributed by atoms with E-state index in [1.165, 1.54) is 6.42 Å². The van der Waals surface area contributed by atoms with Crippen molar-refractivity contribution in [2.24, 2.45) is 5.92 Å². The van der Waals surface area contributed by atoms with Crippen LogP contribution in [0.15, 0.2) is 30.3 Å². The Balaban J connectivity index is 2.14. The summed E-state index contributed by atoms with van der Waals surface area (Å²) in [6, 6.07) is 10.3. The van der Waals surface area contributed by atoms with Crippen LogP contribution in [0.3, 0.4) is 0 Å². The van der Waals surface area contributed by atoms with Gasteiger partial charge in [0.25, 0.3) is 0 Å². The first-order valence-electron chi connectivity index (χ1n) is 7.93. The molecule has 3 heteroatoms. The molecule has 0 aliphatic carbocycles. The highest BCUT2D eigenvalue weighted by molar-refractivity contribution is 5.85. The molecule has 21 heavy (non-hydrogen) atoms. The zero-order valence-corrected chi connectivity index (χ0v) is 13.4. The lowest BCUT2D eigenvalue weighted by atomic mass is 10.1. The molecular formula is C18H26N2O. The third kappa shape index (κ3) is 4.71. The highest BCUT2D eigenvalue weighted by Crippen LogP contribution is 2.25. The largest absolute Gasteiger partial charge is 0.493 e. The van der Waals surface area contributed by atoms with Crippen LogP contribution in [-0.4, -0.2) is 18.1 Å². The van der Waals surface area contributed by atoms with Gasteiger partial charge >= 0.3 is 0 Å². The summed E-state index contributed by atoms with van der Waals surface area (Å²) in [5, 5.41) is 4.42. The van der Waals surface area contributed by atoms with Crippen molar-refractivity contribution in [3.05, 3.63) is 36.0 Å². The van der Waals surface area contributed by atoms with Gasteiger partial charge in [0.05, 0.1) is 17.8 Å². The number of nitrogens with zero attached hydrogens (tertiary/aromatic N) is 1. The number of pyridine rings is 1. The summed E-state index contributed by atoms with van der Waals surface area (Å²) >= 11 is 0. The molecule has 2 rings (SSSR count). The maximum Gasteiger partial charge on any atom is 0.130 e. The van der Waals surface area contributed by atoms with Gasteiger partial charge in [0.15, 0.2) is 0 Å². The molecule has 3 nitrogen and oxygen atoms in total. The SMILES string of the molecule is CCNCc1cc(OCCCC(C)C)c2ccccc2n1. The van der Waals surface area contributed by atoms with Crippen molar-refractivity contribution in [2.45, 2.75) is 40.2 Å². The molecule has 1 aromatic heterocycles. The monoisotopic (exact) mass is 286 g/mol. The highest BCUT2D eigenvalue weighted by Gasteiger charge is 2.06. The molecule has 0 aliphatic rings. The van der Waals surface area contributed by atoms with Gasteiger partial charge in [-0.3, -0.25) is 4.98 Å². The van der Waals surface area contributed by atoms with Crippen molar-refractivity contribution < 1.29 is 4.74 Å². The summed E-state index contributed by atoms with van der Waals surface area (Å²) in [7, 11) is 0. The lowest BCUT2D eigenvalue weighted by Crippen LogP contribution is -2.13. The van der Waals surface area contributed by atoms with E-state index in [-0.39, 0.29) is 0 Å². The molecule has 0 fully saturated rings. The third-order valence-electron chi connectivity index (χ3n) is 3.47. The van der Waals surface area contributed by atoms with Gasteiger partial charge in [-0.25, -0.2) is 0 Å². The van der Waals surface area contributed by atoms with Gasteiger partial charge in [-0.1, -0.05) is 32.9 Å².